The molecule has 0 bridgehead atoms. The van der Waals surface area contributed by atoms with Crippen LogP contribution in [0.5, 0.6) is 5.75 Å². The number of para-hydroxylation sites is 1. The van der Waals surface area contributed by atoms with Crippen molar-refractivity contribution in [1.82, 2.24) is 35.0 Å². The Balaban J connectivity index is 1.22. The Morgan fingerprint density at radius 2 is 1.82 bits per heavy atom. The van der Waals surface area contributed by atoms with E-state index in [1.165, 1.54) is 6.07 Å². The number of fused-ring (bicyclic) bond motifs is 2. The van der Waals surface area contributed by atoms with Gasteiger partial charge in [0.05, 0.1) is 34.5 Å². The maximum Gasteiger partial charge on any atom is 0.251 e. The molecule has 0 aliphatic carbocycles. The van der Waals surface area contributed by atoms with Crippen molar-refractivity contribution in [3.8, 4) is 28.8 Å². The molecule has 3 aromatic carbocycles. The van der Waals surface area contributed by atoms with Gasteiger partial charge in [0.1, 0.15) is 23.0 Å². The van der Waals surface area contributed by atoms with Crippen molar-refractivity contribution >= 4 is 28.5 Å². The minimum Gasteiger partial charge on any atom is -0.490 e. The summed E-state index contributed by atoms with van der Waals surface area (Å²) in [7, 11) is 0. The number of nitrogens with one attached hydrogen (secondary N) is 2. The van der Waals surface area contributed by atoms with Crippen molar-refractivity contribution < 1.29 is 14.3 Å². The zero-order chi connectivity index (χ0) is 34.7. The molecule has 0 fully saturated rings. The molecule has 6 aromatic rings. The third-order valence-corrected chi connectivity index (χ3v) is 7.93. The van der Waals surface area contributed by atoms with Crippen LogP contribution >= 0.6 is 0 Å². The quantitative estimate of drug-likeness (QED) is 0.182. The van der Waals surface area contributed by atoms with Gasteiger partial charge in [-0.25, -0.2) is 9.67 Å². The highest BCUT2D eigenvalue weighted by atomic mass is 16.5. The molecule has 12 nitrogen and oxygen atoms in total. The number of rotatable bonds is 11. The van der Waals surface area contributed by atoms with Gasteiger partial charge < -0.3 is 25.5 Å². The van der Waals surface area contributed by atoms with Gasteiger partial charge in [-0.3, -0.25) is 9.59 Å². The van der Waals surface area contributed by atoms with Gasteiger partial charge in [-0.15, -0.1) is 5.10 Å². The second kappa shape index (κ2) is 13.6. The van der Waals surface area contributed by atoms with Crippen LogP contribution in [-0.2, 0) is 11.2 Å². The molecule has 4 N–H and O–H groups in total. The summed E-state index contributed by atoms with van der Waals surface area (Å²) < 4.78 is 9.45. The van der Waals surface area contributed by atoms with E-state index >= 15 is 0 Å². The largest absolute Gasteiger partial charge is 0.490 e. The highest BCUT2D eigenvalue weighted by Crippen LogP contribution is 2.25. The fraction of sp³-hybridized carbons (Fsp3) is 0.243. The third-order valence-electron chi connectivity index (χ3n) is 7.93. The van der Waals surface area contributed by atoms with Crippen LogP contribution in [0.25, 0.3) is 33.6 Å². The number of pyridine rings is 1. The van der Waals surface area contributed by atoms with E-state index in [4.69, 9.17) is 15.5 Å². The van der Waals surface area contributed by atoms with Crippen molar-refractivity contribution in [3.63, 3.8) is 0 Å². The van der Waals surface area contributed by atoms with Crippen molar-refractivity contribution in [2.75, 3.05) is 6.54 Å². The lowest BCUT2D eigenvalue weighted by molar-refractivity contribution is -0.125. The van der Waals surface area contributed by atoms with Crippen molar-refractivity contribution in [3.05, 3.63) is 108 Å². The van der Waals surface area contributed by atoms with Gasteiger partial charge in [0.25, 0.3) is 5.91 Å². The molecule has 248 valence electrons. The molecule has 0 aliphatic heterocycles. The number of imidazole rings is 1. The Morgan fingerprint density at radius 1 is 1.04 bits per heavy atom. The van der Waals surface area contributed by atoms with Crippen molar-refractivity contribution in [2.24, 2.45) is 5.73 Å². The molecule has 0 aliphatic rings. The van der Waals surface area contributed by atoms with Gasteiger partial charge in [0.15, 0.2) is 5.65 Å². The van der Waals surface area contributed by atoms with Crippen LogP contribution in [0, 0.1) is 11.3 Å². The van der Waals surface area contributed by atoms with E-state index in [1.807, 2.05) is 91.3 Å². The van der Waals surface area contributed by atoms with Crippen LogP contribution in [0.2, 0.25) is 0 Å². The maximum atomic E-state index is 13.4. The number of ether oxygens (including phenoxy) is 1. The molecule has 6 rings (SSSR count). The van der Waals surface area contributed by atoms with Gasteiger partial charge in [0.2, 0.25) is 5.91 Å². The highest BCUT2D eigenvalue weighted by molar-refractivity contribution is 5.95. The molecule has 3 aromatic heterocycles. The number of carbonyl (C=O) groups is 2. The molecular weight excluding hydrogens is 618 g/mol. The first-order valence-electron chi connectivity index (χ1n) is 16.0. The summed E-state index contributed by atoms with van der Waals surface area (Å²) in [6.45, 7) is 7.12. The number of nitrogens with two attached hydrogens (primary N) is 1. The Labute approximate surface area is 283 Å². The van der Waals surface area contributed by atoms with Crippen LogP contribution in [-0.4, -0.2) is 60.4 Å². The Bertz CT molecular complexity index is 2190. The number of nitriles is 1. The zero-order valence-corrected chi connectivity index (χ0v) is 27.7. The molecule has 3 heterocycles. The van der Waals surface area contributed by atoms with Gasteiger partial charge >= 0.3 is 0 Å². The summed E-state index contributed by atoms with van der Waals surface area (Å²) >= 11 is 0. The van der Waals surface area contributed by atoms with E-state index in [1.54, 1.807) is 30.7 Å². The minimum atomic E-state index is -1.08. The molecule has 0 saturated heterocycles. The summed E-state index contributed by atoms with van der Waals surface area (Å²) in [4.78, 5) is 30.9. The first kappa shape index (κ1) is 32.9. The second-order valence-electron chi connectivity index (χ2n) is 12.7. The topological polar surface area (TPSA) is 165 Å². The number of carbonyl (C=O) groups excluding carboxylic acids is 2. The second-order valence-corrected chi connectivity index (χ2v) is 12.7. The number of nitrogens with zero attached hydrogens (tertiary/aromatic N) is 6. The molecule has 2 amide bonds. The summed E-state index contributed by atoms with van der Waals surface area (Å²) in [5.74, 6) is -0.304. The lowest BCUT2D eigenvalue weighted by atomic mass is 10.0. The van der Waals surface area contributed by atoms with Crippen molar-refractivity contribution in [1.29, 1.82) is 5.26 Å². The molecule has 12 heteroatoms. The minimum absolute atomic E-state index is 0.122. The van der Waals surface area contributed by atoms with Gasteiger partial charge in [-0.05, 0) is 82.1 Å². The Hall–Kier alpha value is -6.06. The number of amides is 2. The smallest absolute Gasteiger partial charge is 0.251 e. The normalized spacial score (nSPS) is 12.2. The molecule has 1 atom stereocenters. The van der Waals surface area contributed by atoms with E-state index < -0.39 is 11.6 Å². The summed E-state index contributed by atoms with van der Waals surface area (Å²) in [5.41, 5.74) is 11.3. The van der Waals surface area contributed by atoms with E-state index in [-0.39, 0.29) is 30.0 Å². The Kier molecular flexibility index (Phi) is 9.11. The number of hydrogen-bond acceptors (Lipinski definition) is 8. The van der Waals surface area contributed by atoms with Gasteiger partial charge in [-0.1, -0.05) is 41.6 Å². The lowest BCUT2D eigenvalue weighted by Crippen LogP contribution is -2.53. The first-order chi connectivity index (χ1) is 23.5. The number of aromatic nitrogens is 5. The average molecular weight is 656 g/mol. The van der Waals surface area contributed by atoms with Gasteiger partial charge in [-0.2, -0.15) is 5.26 Å². The molecule has 0 unspecified atom stereocenters. The Morgan fingerprint density at radius 3 is 2.55 bits per heavy atom. The summed E-state index contributed by atoms with van der Waals surface area (Å²) in [6, 6.07) is 26.0. The molecule has 49 heavy (non-hydrogen) atoms. The monoisotopic (exact) mass is 655 g/mol. The van der Waals surface area contributed by atoms with E-state index in [0.717, 1.165) is 39.2 Å². The number of benzene rings is 3. The van der Waals surface area contributed by atoms with Crippen LogP contribution in [0.3, 0.4) is 0 Å². The first-order valence-corrected chi connectivity index (χ1v) is 16.0. The fourth-order valence-corrected chi connectivity index (χ4v) is 5.45. The van der Waals surface area contributed by atoms with E-state index in [2.05, 4.69) is 27.0 Å². The average Bonchev–Trinajstić information content (AvgIpc) is 3.72. The molecule has 0 saturated carbocycles. The standard InChI is InChI=1S/C37H37N9O3/c1-23(2)49-33-16-15-26(19-27(33)20-38)35(47)41-28(21-40-36(48)37(3,4)39)18-24-11-13-25(14-12-24)30-22-45-17-7-10-32(34(45)42-30)46-31-9-6-5-8-29(31)43-44-46/h5-17,19,22-23,28H,18,21,39H2,1-4H3,(H,40,48)(H,41,47)/t28-/m0/s1. The maximum absolute atomic E-state index is 13.4. The van der Waals surface area contributed by atoms with Crippen LogP contribution < -0.4 is 21.1 Å². The van der Waals surface area contributed by atoms with Gasteiger partial charge in [0, 0.05) is 30.1 Å². The SMILES string of the molecule is CC(C)Oc1ccc(C(=O)N[C@H](CNC(=O)C(C)(C)N)Cc2ccc(-c3cn4cccc(-n5nnc6ccccc65)c4n3)cc2)cc1C#N. The molecule has 0 spiro atoms. The van der Waals surface area contributed by atoms with E-state index in [9.17, 15) is 14.9 Å². The van der Waals surface area contributed by atoms with E-state index in [0.29, 0.717) is 17.7 Å². The lowest BCUT2D eigenvalue weighted by Gasteiger charge is -2.23. The van der Waals surface area contributed by atoms with Crippen LogP contribution in [0.1, 0.15) is 49.2 Å². The summed E-state index contributed by atoms with van der Waals surface area (Å²) in [5, 5.41) is 24.2. The van der Waals surface area contributed by atoms with Crippen LogP contribution in [0.15, 0.2) is 91.3 Å². The predicted molar refractivity (Wildman–Crippen MR) is 186 cm³/mol. The predicted octanol–water partition coefficient (Wildman–Crippen LogP) is 4.59. The van der Waals surface area contributed by atoms with Crippen LogP contribution in [0.4, 0.5) is 0 Å². The molecular formula is C37H37N9O3. The fourth-order valence-electron chi connectivity index (χ4n) is 5.45. The number of hydrogen-bond donors (Lipinski definition) is 3. The highest BCUT2D eigenvalue weighted by Gasteiger charge is 2.24. The summed E-state index contributed by atoms with van der Waals surface area (Å²) in [6.07, 6.45) is 4.21. The zero-order valence-electron chi connectivity index (χ0n) is 27.7. The third kappa shape index (κ3) is 7.27. The molecule has 0 radical (unpaired) electrons. The van der Waals surface area contributed by atoms with Crippen molar-refractivity contribution in [2.45, 2.75) is 51.8 Å².